The topological polar surface area (TPSA) is 223 Å². The Kier molecular flexibility index (Phi) is 17.4. The van der Waals surface area contributed by atoms with Gasteiger partial charge in [0, 0.05) is 99.7 Å². The molecular formula is C54H60Cl2N10O8. The minimum atomic E-state index is -0.342. The number of benzene rings is 4. The number of hydrogen-bond acceptors (Lipinski definition) is 12. The summed E-state index contributed by atoms with van der Waals surface area (Å²) >= 11 is 12.7. The number of rotatable bonds is 22. The van der Waals surface area contributed by atoms with Gasteiger partial charge in [0.15, 0.2) is 0 Å². The van der Waals surface area contributed by atoms with Crippen LogP contribution in [0.1, 0.15) is 96.7 Å². The fourth-order valence-electron chi connectivity index (χ4n) is 10.4. The quantitative estimate of drug-likeness (QED) is 0.0592. The molecule has 4 aromatic carbocycles. The summed E-state index contributed by atoms with van der Waals surface area (Å²) in [5.41, 5.74) is 7.93. The van der Waals surface area contributed by atoms with E-state index in [0.29, 0.717) is 129 Å². The molecule has 0 radical (unpaired) electrons. The van der Waals surface area contributed by atoms with Gasteiger partial charge in [-0.25, -0.2) is 9.59 Å². The second-order valence-electron chi connectivity index (χ2n) is 18.9. The van der Waals surface area contributed by atoms with Crippen LogP contribution < -0.4 is 36.1 Å². The molecule has 9 rings (SSSR count). The van der Waals surface area contributed by atoms with Crippen LogP contribution in [0, 0.1) is 22.7 Å². The minimum absolute atomic E-state index is 0.0326. The van der Waals surface area contributed by atoms with Crippen LogP contribution in [0.4, 0.5) is 9.59 Å². The number of amides is 6. The number of nitrogens with one attached hydrogen (secondary N) is 5. The Bertz CT molecular complexity index is 2830. The van der Waals surface area contributed by atoms with Crippen molar-refractivity contribution in [3.05, 3.63) is 126 Å². The zero-order chi connectivity index (χ0) is 51.6. The highest BCUT2D eigenvalue weighted by Gasteiger charge is 2.41. The van der Waals surface area contributed by atoms with Gasteiger partial charge in [-0.3, -0.25) is 14.5 Å². The van der Waals surface area contributed by atoms with Crippen LogP contribution in [-0.2, 0) is 35.4 Å². The first kappa shape index (κ1) is 52.2. The van der Waals surface area contributed by atoms with E-state index in [1.165, 1.54) is 0 Å². The molecule has 0 saturated carbocycles. The van der Waals surface area contributed by atoms with Gasteiger partial charge in [0.2, 0.25) is 0 Å². The number of nitriles is 2. The van der Waals surface area contributed by atoms with Gasteiger partial charge < -0.3 is 55.3 Å². The molecule has 3 atom stereocenters. The molecular weight excluding hydrogens is 988 g/mol. The number of fused-ring (bicyclic) bond motifs is 4. The summed E-state index contributed by atoms with van der Waals surface area (Å²) in [6.07, 6.45) is 2.88. The van der Waals surface area contributed by atoms with Gasteiger partial charge in [0.05, 0.1) is 55.7 Å². The van der Waals surface area contributed by atoms with Crippen LogP contribution in [0.15, 0.2) is 60.7 Å². The highest BCUT2D eigenvalue weighted by Crippen LogP contribution is 2.43. The standard InChI is InChI=1S/C54H60Cl2N10O8/c55-38-23-36(30-57)42-7-8-49(46(42)25-38)73-40-5-3-34-32-65(51(67)44(34)27-40)17-21-71-19-13-62-53(69)60-9-1-2-10-61-54(70)63-14-20-72-22-18-66-33-35-4-6-41(28-45(35)52(66)68)74-50-47-26-39(56)24-37(31-58)43(47)29-48(50)64-15-11-59-12-16-64/h3-6,23-28,48-50,59H,1-2,7-22,29,32-33H2,(H2,60,62,69)(H2,61,63,70)/t48-,49+,50-/m0/s1. The SMILES string of the molecule is N#Cc1cc(Cl)cc2c1CC[C@H]2Oc1ccc2c(c1)C(=O)N(CCOCCNC(=O)NCCCCNC(=O)NCCOCCN1Cc3ccc(O[C@H]4c5cc(Cl)cc(C#N)c5C[C@@H]4N4CCNCC4)cc3C1=O)C2. The predicted octanol–water partition coefficient (Wildman–Crippen LogP) is 5.78. The van der Waals surface area contributed by atoms with Crippen LogP contribution in [0.25, 0.3) is 0 Å². The first-order valence-electron chi connectivity index (χ1n) is 25.3. The monoisotopic (exact) mass is 1050 g/mol. The molecule has 0 bridgehead atoms. The average molecular weight is 1050 g/mol. The Morgan fingerprint density at radius 2 is 1.19 bits per heavy atom. The van der Waals surface area contributed by atoms with Crippen molar-refractivity contribution in [1.29, 1.82) is 10.5 Å². The van der Waals surface area contributed by atoms with E-state index in [-0.39, 0.29) is 55.3 Å². The van der Waals surface area contributed by atoms with Crippen molar-refractivity contribution in [3.8, 4) is 23.6 Å². The van der Waals surface area contributed by atoms with Gasteiger partial charge in [0.1, 0.15) is 23.7 Å². The van der Waals surface area contributed by atoms with Crippen molar-refractivity contribution in [2.45, 2.75) is 63.4 Å². The highest BCUT2D eigenvalue weighted by atomic mass is 35.5. The van der Waals surface area contributed by atoms with Gasteiger partial charge >= 0.3 is 12.1 Å². The maximum absolute atomic E-state index is 13.5. The van der Waals surface area contributed by atoms with E-state index >= 15 is 0 Å². The van der Waals surface area contributed by atoms with Crippen LogP contribution in [0.5, 0.6) is 11.5 Å². The molecule has 18 nitrogen and oxygen atoms in total. The molecule has 6 amide bonds. The Balaban J connectivity index is 0.583. The summed E-state index contributed by atoms with van der Waals surface area (Å²) in [7, 11) is 0. The largest absolute Gasteiger partial charge is 0.486 e. The smallest absolute Gasteiger partial charge is 0.314 e. The maximum Gasteiger partial charge on any atom is 0.314 e. The maximum atomic E-state index is 13.5. The number of unbranched alkanes of at least 4 members (excludes halogenated alkanes) is 1. The molecule has 388 valence electrons. The summed E-state index contributed by atoms with van der Waals surface area (Å²) < 4.78 is 24.4. The van der Waals surface area contributed by atoms with E-state index in [2.05, 4.69) is 43.6 Å². The van der Waals surface area contributed by atoms with Crippen molar-refractivity contribution in [2.24, 2.45) is 0 Å². The summed E-state index contributed by atoms with van der Waals surface area (Å²) in [4.78, 5) is 57.1. The van der Waals surface area contributed by atoms with Gasteiger partial charge in [-0.05, 0) is 114 Å². The summed E-state index contributed by atoms with van der Waals surface area (Å²) in [5.74, 6) is 0.996. The molecule has 0 spiro atoms. The third kappa shape index (κ3) is 12.5. The van der Waals surface area contributed by atoms with Crippen molar-refractivity contribution >= 4 is 47.1 Å². The molecule has 5 aliphatic rings. The van der Waals surface area contributed by atoms with Gasteiger partial charge in [-0.2, -0.15) is 10.5 Å². The number of carbonyl (C=O) groups excluding carboxylic acids is 4. The van der Waals surface area contributed by atoms with Crippen LogP contribution >= 0.6 is 23.2 Å². The predicted molar refractivity (Wildman–Crippen MR) is 275 cm³/mol. The second kappa shape index (κ2) is 24.6. The van der Waals surface area contributed by atoms with Gasteiger partial charge in [-0.1, -0.05) is 35.3 Å². The van der Waals surface area contributed by atoms with E-state index in [1.54, 1.807) is 28.0 Å². The molecule has 1 fully saturated rings. The summed E-state index contributed by atoms with van der Waals surface area (Å²) in [6.45, 7) is 7.91. The lowest BCUT2D eigenvalue weighted by Crippen LogP contribution is -2.50. The number of piperazine rings is 1. The number of hydrogen-bond donors (Lipinski definition) is 5. The summed E-state index contributed by atoms with van der Waals surface area (Å²) in [5, 5.41) is 34.9. The number of urea groups is 2. The van der Waals surface area contributed by atoms with Gasteiger partial charge in [0.25, 0.3) is 11.8 Å². The average Bonchev–Trinajstić information content (AvgIpc) is 4.15. The van der Waals surface area contributed by atoms with E-state index in [0.717, 1.165) is 72.4 Å². The van der Waals surface area contributed by atoms with Crippen molar-refractivity contribution < 1.29 is 38.1 Å². The molecule has 1 saturated heterocycles. The molecule has 74 heavy (non-hydrogen) atoms. The number of ether oxygens (including phenoxy) is 4. The first-order chi connectivity index (χ1) is 36.1. The van der Waals surface area contributed by atoms with Crippen molar-refractivity contribution in [1.82, 2.24) is 41.3 Å². The third-order valence-corrected chi connectivity index (χ3v) is 14.6. The van der Waals surface area contributed by atoms with Crippen LogP contribution in [-0.4, -0.2) is 136 Å². The normalized spacial score (nSPS) is 18.5. The first-order valence-corrected chi connectivity index (χ1v) is 26.1. The molecule has 2 aliphatic carbocycles. The van der Waals surface area contributed by atoms with Crippen LogP contribution in [0.3, 0.4) is 0 Å². The molecule has 5 N–H and O–H groups in total. The van der Waals surface area contributed by atoms with E-state index in [4.69, 9.17) is 42.1 Å². The molecule has 3 aliphatic heterocycles. The van der Waals surface area contributed by atoms with Crippen molar-refractivity contribution in [2.75, 3.05) is 91.9 Å². The summed E-state index contributed by atoms with van der Waals surface area (Å²) in [6, 6.07) is 22.3. The molecule has 3 heterocycles. The Morgan fingerprint density at radius 3 is 1.76 bits per heavy atom. The molecule has 0 aromatic heterocycles. The minimum Gasteiger partial charge on any atom is -0.486 e. The van der Waals surface area contributed by atoms with E-state index < -0.39 is 0 Å². The lowest BCUT2D eigenvalue weighted by molar-refractivity contribution is 0.0661. The van der Waals surface area contributed by atoms with E-state index in [1.807, 2.05) is 42.5 Å². The highest BCUT2D eigenvalue weighted by molar-refractivity contribution is 6.31. The fourth-order valence-corrected chi connectivity index (χ4v) is 10.9. The Labute approximate surface area is 440 Å². The third-order valence-electron chi connectivity index (χ3n) is 14.1. The molecule has 0 unspecified atom stereocenters. The van der Waals surface area contributed by atoms with E-state index in [9.17, 15) is 29.7 Å². The number of carbonyl (C=O) groups is 4. The lowest BCUT2D eigenvalue weighted by atomic mass is 10.0. The second-order valence-corrected chi connectivity index (χ2v) is 19.8. The zero-order valence-electron chi connectivity index (χ0n) is 41.1. The fraction of sp³-hybridized carbons (Fsp3) is 0.444. The molecule has 4 aromatic rings. The Morgan fingerprint density at radius 1 is 0.662 bits per heavy atom. The van der Waals surface area contributed by atoms with Crippen LogP contribution in [0.2, 0.25) is 10.0 Å². The molecule has 20 heteroatoms. The number of nitrogens with zero attached hydrogens (tertiary/aromatic N) is 5. The Hall–Kier alpha value is -6.64. The van der Waals surface area contributed by atoms with Gasteiger partial charge in [-0.15, -0.1) is 0 Å². The zero-order valence-corrected chi connectivity index (χ0v) is 42.6. The lowest BCUT2D eigenvalue weighted by Gasteiger charge is -2.36. The number of halogens is 2. The van der Waals surface area contributed by atoms with Crippen molar-refractivity contribution in [3.63, 3.8) is 0 Å².